The van der Waals surface area contributed by atoms with E-state index < -0.39 is 5.54 Å². The van der Waals surface area contributed by atoms with Crippen LogP contribution in [-0.2, 0) is 11.3 Å². The molecule has 1 N–H and O–H groups in total. The van der Waals surface area contributed by atoms with Gasteiger partial charge in [0.05, 0.1) is 18.5 Å². The second kappa shape index (κ2) is 8.93. The molecule has 0 spiro atoms. The Hall–Kier alpha value is -2.50. The fourth-order valence-electron chi connectivity index (χ4n) is 4.91. The third kappa shape index (κ3) is 4.30. The molecular weight excluding hydrogens is 390 g/mol. The molecule has 0 bridgehead atoms. The van der Waals surface area contributed by atoms with Crippen LogP contribution in [0.2, 0.25) is 0 Å². The summed E-state index contributed by atoms with van der Waals surface area (Å²) in [5.41, 5.74) is 0.520. The van der Waals surface area contributed by atoms with Gasteiger partial charge in [-0.2, -0.15) is 0 Å². The van der Waals surface area contributed by atoms with Crippen LogP contribution in [0, 0.1) is 5.92 Å². The topological polar surface area (TPSA) is 67.5 Å². The average Bonchev–Trinajstić information content (AvgIpc) is 3.32. The quantitative estimate of drug-likeness (QED) is 0.673. The van der Waals surface area contributed by atoms with Crippen LogP contribution in [0.3, 0.4) is 0 Å². The van der Waals surface area contributed by atoms with Crippen molar-refractivity contribution >= 4 is 11.8 Å². The number of hydrogen-bond donors (Lipinski definition) is 1. The number of amides is 2. The lowest BCUT2D eigenvalue weighted by Crippen LogP contribution is -2.65. The molecule has 0 aromatic carbocycles. The van der Waals surface area contributed by atoms with Gasteiger partial charge in [0, 0.05) is 12.6 Å². The number of carbonyl (C=O) groups is 2. The molecule has 31 heavy (non-hydrogen) atoms. The highest BCUT2D eigenvalue weighted by molar-refractivity contribution is 6.00. The summed E-state index contributed by atoms with van der Waals surface area (Å²) in [5, 5.41) is 3.31. The molecule has 1 fully saturated rings. The summed E-state index contributed by atoms with van der Waals surface area (Å²) >= 11 is 0. The van der Waals surface area contributed by atoms with Gasteiger partial charge in [-0.25, -0.2) is 0 Å². The fraction of sp³-hybridized carbons (Fsp3) is 0.600. The molecule has 0 radical (unpaired) electrons. The lowest BCUT2D eigenvalue weighted by atomic mass is 9.92. The van der Waals surface area contributed by atoms with Gasteiger partial charge in [0.1, 0.15) is 17.0 Å². The Balaban J connectivity index is 1.66. The van der Waals surface area contributed by atoms with E-state index in [4.69, 9.17) is 4.42 Å². The van der Waals surface area contributed by atoms with Crippen LogP contribution < -0.4 is 5.32 Å². The van der Waals surface area contributed by atoms with Gasteiger partial charge in [-0.15, -0.1) is 0 Å². The van der Waals surface area contributed by atoms with Crippen molar-refractivity contribution in [3.05, 3.63) is 36.2 Å². The van der Waals surface area contributed by atoms with Crippen molar-refractivity contribution in [2.75, 3.05) is 6.54 Å². The number of rotatable bonds is 6. The molecule has 2 aromatic rings. The predicted octanol–water partition coefficient (Wildman–Crippen LogP) is 4.85. The summed E-state index contributed by atoms with van der Waals surface area (Å²) in [6.45, 7) is 7.22. The van der Waals surface area contributed by atoms with Crippen LogP contribution in [0.15, 0.2) is 34.9 Å². The molecule has 6 heteroatoms. The first-order chi connectivity index (χ1) is 14.9. The Morgan fingerprint density at radius 3 is 2.52 bits per heavy atom. The van der Waals surface area contributed by atoms with E-state index in [9.17, 15) is 9.59 Å². The molecular formula is C25H35N3O3. The summed E-state index contributed by atoms with van der Waals surface area (Å²) in [6, 6.07) is 7.70. The van der Waals surface area contributed by atoms with Crippen molar-refractivity contribution in [1.29, 1.82) is 0 Å². The van der Waals surface area contributed by atoms with E-state index in [0.717, 1.165) is 37.8 Å². The van der Waals surface area contributed by atoms with Gasteiger partial charge < -0.3 is 19.2 Å². The standard InChI is InChI=1S/C25H35N3O3/c1-18(2)14-15-28-23(29)21-13-12-20(22-11-8-16-31-22)27(21)17-25(28,3)24(30)26-19-9-6-4-5-7-10-19/h8,11-13,16,18-19H,4-7,9-10,14-15,17H2,1-3H3,(H,26,30). The highest BCUT2D eigenvalue weighted by atomic mass is 16.3. The SMILES string of the molecule is CC(C)CCN1C(=O)c2ccc(-c3ccco3)n2CC1(C)C(=O)NC1CCCCCC1. The minimum absolute atomic E-state index is 0.0405. The predicted molar refractivity (Wildman–Crippen MR) is 121 cm³/mol. The highest BCUT2D eigenvalue weighted by Crippen LogP contribution is 2.34. The lowest BCUT2D eigenvalue weighted by molar-refractivity contribution is -0.133. The monoisotopic (exact) mass is 425 g/mol. The molecule has 0 saturated heterocycles. The first-order valence-corrected chi connectivity index (χ1v) is 11.8. The van der Waals surface area contributed by atoms with Crippen LogP contribution in [-0.4, -0.2) is 39.4 Å². The van der Waals surface area contributed by atoms with E-state index >= 15 is 0 Å². The summed E-state index contributed by atoms with van der Waals surface area (Å²) in [5.74, 6) is 1.04. The Morgan fingerprint density at radius 2 is 1.87 bits per heavy atom. The molecule has 2 aliphatic rings. The molecule has 2 amide bonds. The number of furan rings is 1. The maximum absolute atomic E-state index is 13.7. The third-order valence-electron chi connectivity index (χ3n) is 6.89. The third-order valence-corrected chi connectivity index (χ3v) is 6.89. The Kier molecular flexibility index (Phi) is 6.26. The first kappa shape index (κ1) is 21.7. The van der Waals surface area contributed by atoms with Crippen LogP contribution >= 0.6 is 0 Å². The Bertz CT molecular complexity index is 907. The maximum atomic E-state index is 13.7. The number of fused-ring (bicyclic) bond motifs is 1. The Labute approximate surface area is 185 Å². The van der Waals surface area contributed by atoms with Gasteiger partial charge in [0.25, 0.3) is 5.91 Å². The van der Waals surface area contributed by atoms with Crippen molar-refractivity contribution in [2.45, 2.75) is 83.8 Å². The van der Waals surface area contributed by atoms with E-state index in [1.165, 1.54) is 12.8 Å². The zero-order chi connectivity index (χ0) is 22.0. The molecule has 3 heterocycles. The molecule has 168 valence electrons. The summed E-state index contributed by atoms with van der Waals surface area (Å²) in [4.78, 5) is 29.1. The van der Waals surface area contributed by atoms with Gasteiger partial charge in [-0.3, -0.25) is 9.59 Å². The lowest BCUT2D eigenvalue weighted by Gasteiger charge is -2.45. The minimum atomic E-state index is -0.939. The van der Waals surface area contributed by atoms with Gasteiger partial charge in [-0.1, -0.05) is 39.5 Å². The zero-order valence-corrected chi connectivity index (χ0v) is 19.0. The molecule has 1 atom stereocenters. The number of nitrogens with one attached hydrogen (secondary N) is 1. The van der Waals surface area contributed by atoms with Crippen molar-refractivity contribution in [2.24, 2.45) is 5.92 Å². The molecule has 1 aliphatic carbocycles. The number of aromatic nitrogens is 1. The zero-order valence-electron chi connectivity index (χ0n) is 19.0. The van der Waals surface area contributed by atoms with Crippen LogP contribution in [0.1, 0.15) is 76.2 Å². The van der Waals surface area contributed by atoms with E-state index in [1.54, 1.807) is 11.2 Å². The second-order valence-electron chi connectivity index (χ2n) is 9.74. The number of carbonyl (C=O) groups excluding carboxylic acids is 2. The molecule has 6 nitrogen and oxygen atoms in total. The smallest absolute Gasteiger partial charge is 0.271 e. The molecule has 1 saturated carbocycles. The van der Waals surface area contributed by atoms with E-state index in [1.807, 2.05) is 35.8 Å². The van der Waals surface area contributed by atoms with E-state index in [2.05, 4.69) is 19.2 Å². The van der Waals surface area contributed by atoms with Crippen LogP contribution in [0.4, 0.5) is 0 Å². The van der Waals surface area contributed by atoms with Crippen molar-refractivity contribution in [3.8, 4) is 11.5 Å². The summed E-state index contributed by atoms with van der Waals surface area (Å²) in [6.07, 6.45) is 9.33. The summed E-state index contributed by atoms with van der Waals surface area (Å²) in [7, 11) is 0. The van der Waals surface area contributed by atoms with Gasteiger partial charge in [-0.05, 0) is 56.4 Å². The van der Waals surface area contributed by atoms with Crippen LogP contribution in [0.5, 0.6) is 0 Å². The minimum Gasteiger partial charge on any atom is -0.463 e. The Morgan fingerprint density at radius 1 is 1.16 bits per heavy atom. The van der Waals surface area contributed by atoms with E-state index in [0.29, 0.717) is 30.5 Å². The van der Waals surface area contributed by atoms with Crippen molar-refractivity contribution in [1.82, 2.24) is 14.8 Å². The first-order valence-electron chi connectivity index (χ1n) is 11.8. The fourth-order valence-corrected chi connectivity index (χ4v) is 4.91. The highest BCUT2D eigenvalue weighted by Gasteiger charge is 2.48. The molecule has 1 unspecified atom stereocenters. The van der Waals surface area contributed by atoms with Crippen LogP contribution in [0.25, 0.3) is 11.5 Å². The number of hydrogen-bond acceptors (Lipinski definition) is 3. The largest absolute Gasteiger partial charge is 0.463 e. The van der Waals surface area contributed by atoms with Gasteiger partial charge in [0.2, 0.25) is 5.91 Å². The second-order valence-corrected chi connectivity index (χ2v) is 9.74. The normalized spacial score (nSPS) is 22.5. The van der Waals surface area contributed by atoms with Gasteiger partial charge >= 0.3 is 0 Å². The maximum Gasteiger partial charge on any atom is 0.271 e. The molecule has 2 aromatic heterocycles. The summed E-state index contributed by atoms with van der Waals surface area (Å²) < 4.78 is 7.56. The van der Waals surface area contributed by atoms with E-state index in [-0.39, 0.29) is 17.9 Å². The van der Waals surface area contributed by atoms with Crippen molar-refractivity contribution in [3.63, 3.8) is 0 Å². The van der Waals surface area contributed by atoms with Gasteiger partial charge in [0.15, 0.2) is 0 Å². The van der Waals surface area contributed by atoms with Crippen molar-refractivity contribution < 1.29 is 14.0 Å². The molecule has 1 aliphatic heterocycles. The molecule has 4 rings (SSSR count). The number of nitrogens with zero attached hydrogens (tertiary/aromatic N) is 2. The average molecular weight is 426 g/mol.